The Balaban J connectivity index is 2.30. The first-order chi connectivity index (χ1) is 7.79. The molecular weight excluding hydrogens is 264 g/mol. The Bertz CT molecular complexity index is 424. The molecule has 0 N–H and O–H groups in total. The van der Waals surface area contributed by atoms with Crippen molar-refractivity contribution in [1.29, 1.82) is 0 Å². The van der Waals surface area contributed by atoms with E-state index in [4.69, 9.17) is 0 Å². The minimum Gasteiger partial charge on any atom is -0.436 e. The summed E-state index contributed by atoms with van der Waals surface area (Å²) in [5.41, 5.74) is 0. The van der Waals surface area contributed by atoms with Crippen LogP contribution in [0, 0.1) is 0 Å². The molecule has 0 aliphatic carbocycles. The molecule has 0 bridgehead atoms. The normalized spacial score (nSPS) is 19.4. The van der Waals surface area contributed by atoms with Gasteiger partial charge in [-0.2, -0.15) is 0 Å². The van der Waals surface area contributed by atoms with Crippen LogP contribution in [-0.2, 0) is 20.0 Å². The summed E-state index contributed by atoms with van der Waals surface area (Å²) in [6.07, 6.45) is 4.76. The molecule has 8 heteroatoms. The Morgan fingerprint density at radius 1 is 1.06 bits per heavy atom. The largest absolute Gasteiger partial charge is 0.436 e. The monoisotopic (exact) mass is 283 g/mol. The number of hydrogen-bond donors (Lipinski definition) is 0. The van der Waals surface area contributed by atoms with Crippen molar-refractivity contribution in [3.8, 4) is 0 Å². The Labute approximate surface area is 103 Å². The first-order valence-electron chi connectivity index (χ1n) is 5.68. The van der Waals surface area contributed by atoms with Crippen LogP contribution in [0.4, 0.5) is 0 Å². The van der Waals surface area contributed by atoms with E-state index in [2.05, 4.69) is 9.03 Å². The molecule has 0 amide bonds. The summed E-state index contributed by atoms with van der Waals surface area (Å²) in [5.74, 6) is -0.198. The molecule has 0 saturated carbocycles. The first-order valence-corrected chi connectivity index (χ1v) is 9.13. The van der Waals surface area contributed by atoms with Crippen molar-refractivity contribution >= 4 is 20.0 Å². The molecule has 0 radical (unpaired) electrons. The Kier molecular flexibility index (Phi) is 5.36. The molecule has 1 fully saturated rings. The smallest absolute Gasteiger partial charge is 0.0830 e. The number of hydrogen-bond acceptors (Lipinski definition) is 5. The van der Waals surface area contributed by atoms with Gasteiger partial charge in [0.1, 0.15) is 0 Å². The quantitative estimate of drug-likeness (QED) is 0.709. The zero-order valence-corrected chi connectivity index (χ0v) is 11.6. The Morgan fingerprint density at radius 2 is 1.65 bits per heavy atom. The van der Waals surface area contributed by atoms with Gasteiger partial charge in [0.05, 0.1) is 20.0 Å². The molecular formula is C9H19N2O4S2-. The van der Waals surface area contributed by atoms with E-state index < -0.39 is 20.0 Å². The van der Waals surface area contributed by atoms with Gasteiger partial charge in [0.15, 0.2) is 0 Å². The molecule has 1 heterocycles. The summed E-state index contributed by atoms with van der Waals surface area (Å²) in [6, 6.07) is 0. The number of likely N-dealkylation sites (tertiary alicyclic amines) is 1. The predicted octanol–water partition coefficient (Wildman–Crippen LogP) is 0.525. The molecule has 1 aliphatic rings. The van der Waals surface area contributed by atoms with Gasteiger partial charge in [0.2, 0.25) is 0 Å². The van der Waals surface area contributed by atoms with E-state index in [1.54, 1.807) is 0 Å². The van der Waals surface area contributed by atoms with Gasteiger partial charge in [-0.1, -0.05) is 6.42 Å². The van der Waals surface area contributed by atoms with E-state index in [0.717, 1.165) is 32.2 Å². The highest BCUT2D eigenvalue weighted by molar-refractivity contribution is 8.11. The van der Waals surface area contributed by atoms with Crippen LogP contribution in [0.15, 0.2) is 0 Å². The summed E-state index contributed by atoms with van der Waals surface area (Å²) in [7, 11) is -7.64. The third-order valence-electron chi connectivity index (χ3n) is 2.57. The van der Waals surface area contributed by atoms with E-state index >= 15 is 0 Å². The highest BCUT2D eigenvalue weighted by Crippen LogP contribution is 2.12. The third-order valence-corrected chi connectivity index (χ3v) is 5.37. The first kappa shape index (κ1) is 14.9. The average molecular weight is 283 g/mol. The van der Waals surface area contributed by atoms with Gasteiger partial charge in [0, 0.05) is 12.0 Å². The lowest BCUT2D eigenvalue weighted by Gasteiger charge is -2.26. The summed E-state index contributed by atoms with van der Waals surface area (Å²) in [4.78, 5) is 2.21. The van der Waals surface area contributed by atoms with E-state index in [1.807, 2.05) is 0 Å². The molecule has 1 saturated heterocycles. The van der Waals surface area contributed by atoms with Crippen LogP contribution in [0.25, 0.3) is 4.13 Å². The maximum Gasteiger partial charge on any atom is 0.0830 e. The van der Waals surface area contributed by atoms with Crippen molar-refractivity contribution in [1.82, 2.24) is 4.90 Å². The van der Waals surface area contributed by atoms with Crippen LogP contribution in [0.1, 0.15) is 25.7 Å². The highest BCUT2D eigenvalue weighted by atomic mass is 32.3. The van der Waals surface area contributed by atoms with Crippen LogP contribution >= 0.6 is 0 Å². The molecule has 1 rings (SSSR count). The van der Waals surface area contributed by atoms with Crippen molar-refractivity contribution in [2.24, 2.45) is 0 Å². The highest BCUT2D eigenvalue weighted by Gasteiger charge is 2.10. The lowest BCUT2D eigenvalue weighted by molar-refractivity contribution is 0.229. The van der Waals surface area contributed by atoms with Gasteiger partial charge in [-0.05, 0) is 38.9 Å². The third kappa shape index (κ3) is 6.97. The topological polar surface area (TPSA) is 85.6 Å². The number of nitrogens with zero attached hydrogens (tertiary/aromatic N) is 2. The molecule has 0 aromatic heterocycles. The fourth-order valence-electron chi connectivity index (χ4n) is 1.90. The summed E-state index contributed by atoms with van der Waals surface area (Å²) in [6.45, 7) is 2.70. The van der Waals surface area contributed by atoms with Crippen LogP contribution in [0.2, 0.25) is 0 Å². The predicted molar refractivity (Wildman–Crippen MR) is 66.9 cm³/mol. The molecule has 6 nitrogen and oxygen atoms in total. The minimum absolute atomic E-state index is 0.198. The van der Waals surface area contributed by atoms with Crippen molar-refractivity contribution in [2.75, 3.05) is 31.6 Å². The zero-order valence-electron chi connectivity index (χ0n) is 10.0. The SMILES string of the molecule is CS(=O)(=O)[N-]S(=O)(=O)CCCN1CCCCC1. The van der Waals surface area contributed by atoms with Gasteiger partial charge in [-0.15, -0.1) is 0 Å². The second-order valence-corrected chi connectivity index (χ2v) is 7.98. The molecule has 0 unspecified atom stereocenters. The molecule has 0 atom stereocenters. The maximum absolute atomic E-state index is 11.3. The Hall–Kier alpha value is -0.180. The summed E-state index contributed by atoms with van der Waals surface area (Å²) < 4.78 is 47.0. The average Bonchev–Trinajstić information content (AvgIpc) is 2.15. The Morgan fingerprint density at radius 3 is 2.18 bits per heavy atom. The number of sulfonamides is 2. The van der Waals surface area contributed by atoms with Gasteiger partial charge < -0.3 is 9.03 Å². The van der Waals surface area contributed by atoms with Crippen molar-refractivity contribution in [3.05, 3.63) is 4.13 Å². The molecule has 0 spiro atoms. The standard InChI is InChI=1S/C9H19N2O4S2/c1-16(12,13)10-17(14,15)9-5-8-11-6-3-2-4-7-11/h2-9H2,1H3/q-1. The van der Waals surface area contributed by atoms with Gasteiger partial charge >= 0.3 is 0 Å². The van der Waals surface area contributed by atoms with Crippen molar-refractivity contribution in [3.63, 3.8) is 0 Å². The van der Waals surface area contributed by atoms with Crippen molar-refractivity contribution in [2.45, 2.75) is 25.7 Å². The van der Waals surface area contributed by atoms with E-state index in [9.17, 15) is 16.8 Å². The van der Waals surface area contributed by atoms with E-state index in [1.165, 1.54) is 6.42 Å². The van der Waals surface area contributed by atoms with E-state index in [-0.39, 0.29) is 5.75 Å². The summed E-state index contributed by atoms with van der Waals surface area (Å²) >= 11 is 0. The van der Waals surface area contributed by atoms with Crippen LogP contribution in [0.3, 0.4) is 0 Å². The number of piperidine rings is 1. The summed E-state index contributed by atoms with van der Waals surface area (Å²) in [5, 5.41) is 0. The lowest BCUT2D eigenvalue weighted by atomic mass is 10.1. The molecule has 0 aromatic carbocycles. The van der Waals surface area contributed by atoms with Crippen LogP contribution in [-0.4, -0.2) is 53.4 Å². The van der Waals surface area contributed by atoms with Gasteiger partial charge in [-0.25, -0.2) is 16.8 Å². The molecule has 102 valence electrons. The van der Waals surface area contributed by atoms with Crippen LogP contribution in [0.5, 0.6) is 0 Å². The molecule has 17 heavy (non-hydrogen) atoms. The molecule has 1 aliphatic heterocycles. The van der Waals surface area contributed by atoms with E-state index in [0.29, 0.717) is 13.0 Å². The second kappa shape index (κ2) is 6.12. The molecule has 0 aromatic rings. The van der Waals surface area contributed by atoms with Crippen molar-refractivity contribution < 1.29 is 16.8 Å². The van der Waals surface area contributed by atoms with Crippen LogP contribution < -0.4 is 0 Å². The second-order valence-electron chi connectivity index (χ2n) is 4.35. The number of rotatable bonds is 6. The van der Waals surface area contributed by atoms with Gasteiger partial charge in [-0.3, -0.25) is 0 Å². The van der Waals surface area contributed by atoms with Gasteiger partial charge in [0.25, 0.3) is 0 Å². The lowest BCUT2D eigenvalue weighted by Crippen LogP contribution is -2.31. The minimum atomic E-state index is -3.83. The zero-order chi connectivity index (χ0) is 12.9. The fourth-order valence-corrected chi connectivity index (χ4v) is 4.34. The fraction of sp³-hybridized carbons (Fsp3) is 1.00. The maximum atomic E-state index is 11.3.